The molecule has 0 heterocycles. The first-order valence-electron chi connectivity index (χ1n) is 5.92. The summed E-state index contributed by atoms with van der Waals surface area (Å²) in [7, 11) is 0. The lowest BCUT2D eigenvalue weighted by molar-refractivity contribution is -0.385. The van der Waals surface area contributed by atoms with Gasteiger partial charge in [-0.05, 0) is 31.2 Å². The number of hydrogen-bond acceptors (Lipinski definition) is 3. The lowest BCUT2D eigenvalue weighted by atomic mass is 10.1. The minimum absolute atomic E-state index is 0.0850. The van der Waals surface area contributed by atoms with Crippen molar-refractivity contribution in [1.29, 1.82) is 0 Å². The van der Waals surface area contributed by atoms with Crippen LogP contribution in [-0.2, 0) is 0 Å². The Hall–Kier alpha value is -1.39. The van der Waals surface area contributed by atoms with Gasteiger partial charge >= 0.3 is 0 Å². The molecule has 0 spiro atoms. The minimum atomic E-state index is -0.386. The van der Waals surface area contributed by atoms with Crippen molar-refractivity contribution in [2.24, 2.45) is 0 Å². The van der Waals surface area contributed by atoms with E-state index >= 15 is 0 Å². The molecule has 5 heteroatoms. The number of hydrogen-bond donors (Lipinski definition) is 1. The number of halogens is 1. The fourth-order valence-corrected chi connectivity index (χ4v) is 1.77. The highest BCUT2D eigenvalue weighted by Crippen LogP contribution is 2.25. The molecule has 0 amide bonds. The van der Waals surface area contributed by atoms with Crippen molar-refractivity contribution in [1.82, 2.24) is 5.32 Å². The van der Waals surface area contributed by atoms with E-state index in [0.29, 0.717) is 10.6 Å². The second-order valence-electron chi connectivity index (χ2n) is 3.90. The lowest BCUT2D eigenvalue weighted by Crippen LogP contribution is -2.15. The topological polar surface area (TPSA) is 55.2 Å². The molecule has 4 nitrogen and oxygen atoms in total. The van der Waals surface area contributed by atoms with E-state index in [4.69, 9.17) is 11.6 Å². The Morgan fingerprint density at radius 2 is 2.22 bits per heavy atom. The van der Waals surface area contributed by atoms with E-state index in [0.717, 1.165) is 25.1 Å². The summed E-state index contributed by atoms with van der Waals surface area (Å²) in [6.07, 6.45) is 2.68. The van der Waals surface area contributed by atoms with Crippen LogP contribution < -0.4 is 5.32 Å². The van der Waals surface area contributed by atoms with E-state index < -0.39 is 0 Å². The third kappa shape index (κ3) is 4.13. The van der Waals surface area contributed by atoms with Gasteiger partial charge in [0, 0.05) is 17.6 Å². The highest BCUT2D eigenvalue weighted by Gasteiger charge is 2.12. The molecule has 0 aliphatic rings. The summed E-state index contributed by atoms with van der Waals surface area (Å²) >= 11 is 5.89. The molecule has 0 radical (unpaired) electrons. The number of nitrogens with one attached hydrogen (secondary N) is 1. The number of nitro benzene ring substituents is 1. The molecule has 0 fully saturated rings. The fourth-order valence-electron chi connectivity index (χ4n) is 1.59. The second kappa shape index (κ2) is 7.13. The Bertz CT molecular complexity index is 458. The zero-order valence-corrected chi connectivity index (χ0v) is 11.3. The van der Waals surface area contributed by atoms with Crippen LogP contribution in [0.4, 0.5) is 5.69 Å². The van der Waals surface area contributed by atoms with Crippen LogP contribution in [0.2, 0.25) is 5.02 Å². The molecular weight excluding hydrogens is 252 g/mol. The van der Waals surface area contributed by atoms with Gasteiger partial charge in [-0.1, -0.05) is 31.0 Å². The first kappa shape index (κ1) is 14.7. The maximum Gasteiger partial charge on any atom is 0.276 e. The van der Waals surface area contributed by atoms with Crippen LogP contribution in [-0.4, -0.2) is 18.0 Å². The summed E-state index contributed by atoms with van der Waals surface area (Å²) in [4.78, 5) is 10.5. The van der Waals surface area contributed by atoms with Crippen LogP contribution in [0.15, 0.2) is 23.8 Å². The maximum atomic E-state index is 10.9. The zero-order chi connectivity index (χ0) is 13.5. The molecule has 0 saturated heterocycles. The molecule has 0 aromatic heterocycles. The van der Waals surface area contributed by atoms with E-state index in [2.05, 4.69) is 5.32 Å². The highest BCUT2D eigenvalue weighted by atomic mass is 35.5. The Morgan fingerprint density at radius 3 is 2.78 bits per heavy atom. The number of nitrogens with zero attached hydrogens (tertiary/aromatic N) is 1. The van der Waals surface area contributed by atoms with Gasteiger partial charge in [-0.15, -0.1) is 0 Å². The van der Waals surface area contributed by atoms with Crippen LogP contribution >= 0.6 is 11.6 Å². The van der Waals surface area contributed by atoms with Crippen LogP contribution in [0.1, 0.15) is 25.8 Å². The molecule has 0 bridgehead atoms. The van der Waals surface area contributed by atoms with Crippen LogP contribution in [0.3, 0.4) is 0 Å². The largest absolute Gasteiger partial charge is 0.313 e. The van der Waals surface area contributed by atoms with Gasteiger partial charge in [0.1, 0.15) is 0 Å². The zero-order valence-electron chi connectivity index (χ0n) is 10.6. The van der Waals surface area contributed by atoms with Crippen molar-refractivity contribution in [2.75, 3.05) is 13.1 Å². The molecule has 0 saturated carbocycles. The Balaban J connectivity index is 3.09. The Kier molecular flexibility index (Phi) is 5.82. The standard InChI is InChI=1S/C13H17ClN2O2/c1-3-10(9-15-4-2)7-11-8-12(14)5-6-13(11)16(17)18/h5-8,15H,3-4,9H2,1-2H3/b10-7+. The summed E-state index contributed by atoms with van der Waals surface area (Å²) in [5, 5.41) is 14.7. The van der Waals surface area contributed by atoms with Crippen LogP contribution in [0.5, 0.6) is 0 Å². The molecule has 0 atom stereocenters. The van der Waals surface area contributed by atoms with Gasteiger partial charge in [0.25, 0.3) is 5.69 Å². The van der Waals surface area contributed by atoms with Gasteiger partial charge in [0.15, 0.2) is 0 Å². The van der Waals surface area contributed by atoms with Gasteiger partial charge in [-0.3, -0.25) is 10.1 Å². The van der Waals surface area contributed by atoms with Gasteiger partial charge < -0.3 is 5.32 Å². The van der Waals surface area contributed by atoms with Gasteiger partial charge in [0.05, 0.1) is 10.5 Å². The summed E-state index contributed by atoms with van der Waals surface area (Å²) in [6, 6.07) is 4.60. The predicted octanol–water partition coefficient (Wildman–Crippen LogP) is 3.65. The molecule has 1 rings (SSSR count). The summed E-state index contributed by atoms with van der Waals surface area (Å²) < 4.78 is 0. The predicted molar refractivity (Wildman–Crippen MR) is 74.9 cm³/mol. The van der Waals surface area contributed by atoms with Crippen molar-refractivity contribution in [3.63, 3.8) is 0 Å². The van der Waals surface area contributed by atoms with E-state index in [1.54, 1.807) is 6.07 Å². The van der Waals surface area contributed by atoms with E-state index in [1.165, 1.54) is 12.1 Å². The maximum absolute atomic E-state index is 10.9. The third-order valence-corrected chi connectivity index (χ3v) is 2.84. The molecule has 0 aliphatic heterocycles. The summed E-state index contributed by atoms with van der Waals surface area (Å²) in [5.74, 6) is 0. The molecule has 0 unspecified atom stereocenters. The van der Waals surface area contributed by atoms with E-state index in [1.807, 2.05) is 19.9 Å². The highest BCUT2D eigenvalue weighted by molar-refractivity contribution is 6.30. The van der Waals surface area contributed by atoms with E-state index in [-0.39, 0.29) is 10.6 Å². The van der Waals surface area contributed by atoms with Crippen molar-refractivity contribution in [3.05, 3.63) is 44.5 Å². The first-order valence-corrected chi connectivity index (χ1v) is 6.30. The average Bonchev–Trinajstić information content (AvgIpc) is 2.34. The van der Waals surface area contributed by atoms with Gasteiger partial charge in [0.2, 0.25) is 0 Å². The third-order valence-electron chi connectivity index (χ3n) is 2.60. The summed E-state index contributed by atoms with van der Waals surface area (Å²) in [6.45, 7) is 5.65. The number of likely N-dealkylation sites (N-methyl/N-ethyl adjacent to an activating group) is 1. The number of rotatable bonds is 6. The molecule has 98 valence electrons. The SMILES string of the molecule is CCNC/C(=C/c1cc(Cl)ccc1[N+](=O)[O-])CC. The van der Waals surface area contributed by atoms with Crippen molar-refractivity contribution >= 4 is 23.4 Å². The minimum Gasteiger partial charge on any atom is -0.313 e. The smallest absolute Gasteiger partial charge is 0.276 e. The van der Waals surface area contributed by atoms with Crippen molar-refractivity contribution in [2.45, 2.75) is 20.3 Å². The van der Waals surface area contributed by atoms with Crippen LogP contribution in [0.25, 0.3) is 6.08 Å². The monoisotopic (exact) mass is 268 g/mol. The molecule has 18 heavy (non-hydrogen) atoms. The average molecular weight is 269 g/mol. The number of benzene rings is 1. The molecule has 1 aromatic carbocycles. The fraction of sp³-hybridized carbons (Fsp3) is 0.385. The number of nitro groups is 1. The van der Waals surface area contributed by atoms with Crippen molar-refractivity contribution in [3.8, 4) is 0 Å². The molecular formula is C13H17ClN2O2. The molecule has 0 aliphatic carbocycles. The Morgan fingerprint density at radius 1 is 1.50 bits per heavy atom. The van der Waals surface area contributed by atoms with Gasteiger partial charge in [-0.2, -0.15) is 0 Å². The molecule has 1 N–H and O–H groups in total. The summed E-state index contributed by atoms with van der Waals surface area (Å²) in [5.41, 5.74) is 1.76. The lowest BCUT2D eigenvalue weighted by Gasteiger charge is -2.06. The Labute approximate surface area is 112 Å². The van der Waals surface area contributed by atoms with Gasteiger partial charge in [-0.25, -0.2) is 0 Å². The molecule has 1 aromatic rings. The first-order chi connectivity index (χ1) is 8.58. The normalized spacial score (nSPS) is 11.6. The quantitative estimate of drug-likeness (QED) is 0.633. The second-order valence-corrected chi connectivity index (χ2v) is 4.33. The van der Waals surface area contributed by atoms with Crippen LogP contribution in [0, 0.1) is 10.1 Å². The van der Waals surface area contributed by atoms with E-state index in [9.17, 15) is 10.1 Å². The van der Waals surface area contributed by atoms with Crippen molar-refractivity contribution < 1.29 is 4.92 Å².